The Bertz CT molecular complexity index is 1010. The number of esters is 1. The highest BCUT2D eigenvalue weighted by Gasteiger charge is 2.18. The molecular formula is C56H105NO5. The molecule has 2 unspecified atom stereocenters. The number of unbranched alkanes of at least 4 members (excludes halogenated alkanes) is 35. The highest BCUT2D eigenvalue weighted by Crippen LogP contribution is 2.16. The third-order valence-electron chi connectivity index (χ3n) is 12.4. The standard InChI is InChI=1S/C56H105NO5/c1-3-5-7-9-11-13-15-17-21-26-30-34-38-42-46-50-56(61)62-51-47-43-39-35-31-27-23-20-18-19-22-25-29-33-37-41-45-49-55(60)57-53(52-58)54(59)48-44-40-36-32-28-24-16-14-12-10-8-6-4-2/h11,13,17,21,44,48,53-54,58-59H,3-10,12,14-16,18-20,22-43,45-47,49-52H2,1-2H3,(H,57,60)/b13-11-,21-17-,48-44+. The lowest BCUT2D eigenvalue weighted by molar-refractivity contribution is -0.143. The number of amides is 1. The van der Waals surface area contributed by atoms with E-state index in [0.29, 0.717) is 19.4 Å². The number of nitrogens with one attached hydrogen (secondary N) is 1. The quantitative estimate of drug-likeness (QED) is 0.0321. The Morgan fingerprint density at radius 3 is 1.26 bits per heavy atom. The van der Waals surface area contributed by atoms with Crippen LogP contribution in [-0.2, 0) is 14.3 Å². The highest BCUT2D eigenvalue weighted by atomic mass is 16.5. The first-order chi connectivity index (χ1) is 30.5. The van der Waals surface area contributed by atoms with Crippen molar-refractivity contribution in [3.05, 3.63) is 36.5 Å². The van der Waals surface area contributed by atoms with Gasteiger partial charge in [0.25, 0.3) is 0 Å². The minimum Gasteiger partial charge on any atom is -0.466 e. The average molecular weight is 872 g/mol. The van der Waals surface area contributed by atoms with Gasteiger partial charge in [0, 0.05) is 12.8 Å². The minimum absolute atomic E-state index is 0.0100. The number of carbonyl (C=O) groups excluding carboxylic acids is 2. The summed E-state index contributed by atoms with van der Waals surface area (Å²) < 4.78 is 5.46. The number of rotatable bonds is 50. The summed E-state index contributed by atoms with van der Waals surface area (Å²) in [6, 6.07) is -0.632. The van der Waals surface area contributed by atoms with Gasteiger partial charge >= 0.3 is 5.97 Å². The Hall–Kier alpha value is -1.92. The molecule has 6 nitrogen and oxygen atoms in total. The van der Waals surface area contributed by atoms with E-state index in [1.807, 2.05) is 6.08 Å². The van der Waals surface area contributed by atoms with Gasteiger partial charge in [-0.1, -0.05) is 243 Å². The number of hydrogen-bond acceptors (Lipinski definition) is 5. The van der Waals surface area contributed by atoms with Gasteiger partial charge in [0.05, 0.1) is 25.4 Å². The zero-order valence-electron chi connectivity index (χ0n) is 41.4. The van der Waals surface area contributed by atoms with Crippen LogP contribution in [0.2, 0.25) is 0 Å². The molecule has 0 aromatic rings. The molecule has 364 valence electrons. The van der Waals surface area contributed by atoms with E-state index in [1.54, 1.807) is 6.08 Å². The highest BCUT2D eigenvalue weighted by molar-refractivity contribution is 5.76. The summed E-state index contributed by atoms with van der Waals surface area (Å²) >= 11 is 0. The van der Waals surface area contributed by atoms with E-state index in [2.05, 4.69) is 43.5 Å². The van der Waals surface area contributed by atoms with Crippen LogP contribution in [0.5, 0.6) is 0 Å². The zero-order chi connectivity index (χ0) is 45.1. The lowest BCUT2D eigenvalue weighted by Crippen LogP contribution is -2.45. The smallest absolute Gasteiger partial charge is 0.305 e. The molecule has 0 fully saturated rings. The summed E-state index contributed by atoms with van der Waals surface area (Å²) in [5.74, 6) is -0.0843. The van der Waals surface area contributed by atoms with Gasteiger partial charge in [0.1, 0.15) is 0 Å². The summed E-state index contributed by atoms with van der Waals surface area (Å²) in [7, 11) is 0. The Balaban J connectivity index is 3.45. The van der Waals surface area contributed by atoms with Crippen molar-refractivity contribution in [3.63, 3.8) is 0 Å². The number of hydrogen-bond donors (Lipinski definition) is 3. The van der Waals surface area contributed by atoms with Crippen LogP contribution in [0.3, 0.4) is 0 Å². The number of aliphatic hydroxyl groups is 2. The van der Waals surface area contributed by atoms with Crippen LogP contribution in [0.1, 0.15) is 284 Å². The molecule has 62 heavy (non-hydrogen) atoms. The van der Waals surface area contributed by atoms with E-state index >= 15 is 0 Å². The summed E-state index contributed by atoms with van der Waals surface area (Å²) in [4.78, 5) is 24.5. The first-order valence-corrected chi connectivity index (χ1v) is 27.3. The Morgan fingerprint density at radius 1 is 0.452 bits per heavy atom. The third kappa shape index (κ3) is 47.6. The molecule has 0 bridgehead atoms. The SMILES string of the molecule is CCCCC/C=C\C/C=C\CCCCCCCC(=O)OCCCCCCCCCCCCCCCCCCCC(=O)NC(CO)C(O)/C=C/CCCCCCCCCCCCC. The lowest BCUT2D eigenvalue weighted by atomic mass is 10.0. The molecule has 1 amide bonds. The van der Waals surface area contributed by atoms with Crippen LogP contribution in [0, 0.1) is 0 Å². The molecule has 0 aromatic carbocycles. The molecule has 0 saturated carbocycles. The fraction of sp³-hybridized carbons (Fsp3) is 0.857. The van der Waals surface area contributed by atoms with E-state index in [9.17, 15) is 19.8 Å². The molecular weight excluding hydrogens is 767 g/mol. The van der Waals surface area contributed by atoms with Gasteiger partial charge in [0.2, 0.25) is 5.91 Å². The second-order valence-electron chi connectivity index (χ2n) is 18.6. The van der Waals surface area contributed by atoms with Crippen molar-refractivity contribution >= 4 is 11.9 Å². The van der Waals surface area contributed by atoms with Gasteiger partial charge in [0.15, 0.2) is 0 Å². The van der Waals surface area contributed by atoms with Crippen molar-refractivity contribution < 1.29 is 24.5 Å². The monoisotopic (exact) mass is 872 g/mol. The maximum atomic E-state index is 12.4. The van der Waals surface area contributed by atoms with Gasteiger partial charge in [-0.15, -0.1) is 0 Å². The lowest BCUT2D eigenvalue weighted by Gasteiger charge is -2.20. The molecule has 0 aliphatic rings. The van der Waals surface area contributed by atoms with Crippen molar-refractivity contribution in [2.24, 2.45) is 0 Å². The second kappa shape index (κ2) is 51.7. The van der Waals surface area contributed by atoms with Gasteiger partial charge in [-0.25, -0.2) is 0 Å². The largest absolute Gasteiger partial charge is 0.466 e. The van der Waals surface area contributed by atoms with Gasteiger partial charge in [-0.05, 0) is 64.2 Å². The Labute approximate surface area is 385 Å². The molecule has 6 heteroatoms. The normalized spacial score (nSPS) is 12.9. The van der Waals surface area contributed by atoms with Gasteiger partial charge < -0.3 is 20.3 Å². The Kier molecular flexibility index (Phi) is 50.1. The van der Waals surface area contributed by atoms with E-state index in [0.717, 1.165) is 51.4 Å². The minimum atomic E-state index is -0.848. The predicted octanol–water partition coefficient (Wildman–Crippen LogP) is 16.5. The molecule has 0 heterocycles. The van der Waals surface area contributed by atoms with Crippen molar-refractivity contribution in [3.8, 4) is 0 Å². The van der Waals surface area contributed by atoms with E-state index < -0.39 is 12.1 Å². The first kappa shape index (κ1) is 60.1. The van der Waals surface area contributed by atoms with Gasteiger partial charge in [-0.2, -0.15) is 0 Å². The van der Waals surface area contributed by atoms with E-state index in [-0.39, 0.29) is 18.5 Å². The van der Waals surface area contributed by atoms with Crippen LogP contribution < -0.4 is 5.32 Å². The second-order valence-corrected chi connectivity index (χ2v) is 18.6. The molecule has 2 atom stereocenters. The van der Waals surface area contributed by atoms with E-state index in [1.165, 1.54) is 205 Å². The van der Waals surface area contributed by atoms with Crippen LogP contribution in [0.25, 0.3) is 0 Å². The number of allylic oxidation sites excluding steroid dienone is 5. The molecule has 3 N–H and O–H groups in total. The number of carbonyl (C=O) groups is 2. The molecule has 0 rings (SSSR count). The molecule has 0 spiro atoms. The molecule has 0 radical (unpaired) electrons. The average Bonchev–Trinajstić information content (AvgIpc) is 3.27. The van der Waals surface area contributed by atoms with Crippen LogP contribution in [0.4, 0.5) is 0 Å². The zero-order valence-corrected chi connectivity index (χ0v) is 41.4. The molecule has 0 aliphatic carbocycles. The number of aliphatic hydroxyl groups excluding tert-OH is 2. The summed E-state index contributed by atoms with van der Waals surface area (Å²) in [5, 5.41) is 23.0. The topological polar surface area (TPSA) is 95.9 Å². The van der Waals surface area contributed by atoms with Crippen LogP contribution in [0.15, 0.2) is 36.5 Å². The van der Waals surface area contributed by atoms with Gasteiger partial charge in [-0.3, -0.25) is 9.59 Å². The van der Waals surface area contributed by atoms with Crippen molar-refractivity contribution in [1.82, 2.24) is 5.32 Å². The molecule has 0 aliphatic heterocycles. The Morgan fingerprint density at radius 2 is 0.806 bits per heavy atom. The van der Waals surface area contributed by atoms with Crippen molar-refractivity contribution in [2.45, 2.75) is 296 Å². The van der Waals surface area contributed by atoms with Crippen LogP contribution in [-0.4, -0.2) is 47.4 Å². The fourth-order valence-electron chi connectivity index (χ4n) is 8.19. The molecule has 0 aromatic heterocycles. The number of ether oxygens (including phenoxy) is 1. The van der Waals surface area contributed by atoms with Crippen LogP contribution >= 0.6 is 0 Å². The van der Waals surface area contributed by atoms with E-state index in [4.69, 9.17) is 4.74 Å². The summed E-state index contributed by atoms with van der Waals surface area (Å²) in [6.07, 6.45) is 62.9. The summed E-state index contributed by atoms with van der Waals surface area (Å²) in [5.41, 5.74) is 0. The predicted molar refractivity (Wildman–Crippen MR) is 269 cm³/mol. The maximum absolute atomic E-state index is 12.4. The first-order valence-electron chi connectivity index (χ1n) is 27.3. The fourth-order valence-corrected chi connectivity index (χ4v) is 8.19. The summed E-state index contributed by atoms with van der Waals surface area (Å²) in [6.45, 7) is 4.85. The third-order valence-corrected chi connectivity index (χ3v) is 12.4. The van der Waals surface area contributed by atoms with Crippen molar-refractivity contribution in [2.75, 3.05) is 13.2 Å². The van der Waals surface area contributed by atoms with Crippen molar-refractivity contribution in [1.29, 1.82) is 0 Å². The maximum Gasteiger partial charge on any atom is 0.305 e. The molecule has 0 saturated heterocycles.